The number of amides is 2. The highest BCUT2D eigenvalue weighted by Gasteiger charge is 2.25. The summed E-state index contributed by atoms with van der Waals surface area (Å²) < 4.78 is 5.18. The van der Waals surface area contributed by atoms with Gasteiger partial charge in [-0.1, -0.05) is 29.8 Å². The number of ether oxygens (including phenoxy) is 1. The smallest absolute Gasteiger partial charge is 0.236 e. The lowest BCUT2D eigenvalue weighted by Gasteiger charge is -2.17. The average Bonchev–Trinajstić information content (AvgIpc) is 2.99. The summed E-state index contributed by atoms with van der Waals surface area (Å²) >= 11 is 5.94. The molecular formula is C18H17ClN2O3. The number of para-hydroxylation sites is 1. The zero-order valence-electron chi connectivity index (χ0n) is 13.2. The Morgan fingerprint density at radius 2 is 2.04 bits per heavy atom. The molecule has 0 saturated carbocycles. The van der Waals surface area contributed by atoms with Gasteiger partial charge in [0.25, 0.3) is 0 Å². The largest absolute Gasteiger partial charge is 0.495 e. The highest BCUT2D eigenvalue weighted by molar-refractivity contribution is 6.31. The van der Waals surface area contributed by atoms with Gasteiger partial charge >= 0.3 is 0 Å². The van der Waals surface area contributed by atoms with Gasteiger partial charge in [-0.15, -0.1) is 0 Å². The van der Waals surface area contributed by atoms with Crippen LogP contribution in [0.1, 0.15) is 12.0 Å². The maximum Gasteiger partial charge on any atom is 0.236 e. The first-order valence-corrected chi connectivity index (χ1v) is 7.98. The Morgan fingerprint density at radius 1 is 1.25 bits per heavy atom. The van der Waals surface area contributed by atoms with E-state index in [0.29, 0.717) is 23.0 Å². The van der Waals surface area contributed by atoms with Crippen molar-refractivity contribution >= 4 is 34.8 Å². The summed E-state index contributed by atoms with van der Waals surface area (Å²) in [6.45, 7) is 0.603. The summed E-state index contributed by atoms with van der Waals surface area (Å²) in [6.07, 6.45) is 0.579. The van der Waals surface area contributed by atoms with Crippen molar-refractivity contribution in [2.75, 3.05) is 23.9 Å². The van der Waals surface area contributed by atoms with Gasteiger partial charge in [-0.2, -0.15) is 0 Å². The van der Waals surface area contributed by atoms with Crippen molar-refractivity contribution in [2.45, 2.75) is 12.8 Å². The van der Waals surface area contributed by atoms with Crippen LogP contribution in [-0.4, -0.2) is 25.5 Å². The first-order valence-electron chi connectivity index (χ1n) is 7.60. The number of rotatable bonds is 4. The Morgan fingerprint density at radius 3 is 2.83 bits per heavy atom. The number of fused-ring (bicyclic) bond motifs is 1. The fourth-order valence-corrected chi connectivity index (χ4v) is 2.97. The van der Waals surface area contributed by atoms with Crippen LogP contribution < -0.4 is 15.0 Å². The van der Waals surface area contributed by atoms with Crippen LogP contribution in [0, 0.1) is 0 Å². The number of hydrogen-bond donors (Lipinski definition) is 1. The number of carbonyl (C=O) groups is 2. The third-order valence-corrected chi connectivity index (χ3v) is 4.17. The van der Waals surface area contributed by atoms with Crippen molar-refractivity contribution in [2.24, 2.45) is 0 Å². The molecule has 6 heteroatoms. The maximum absolute atomic E-state index is 12.4. The normalized spacial score (nSPS) is 12.7. The number of carbonyl (C=O) groups excluding carboxylic acids is 2. The van der Waals surface area contributed by atoms with Crippen molar-refractivity contribution in [1.82, 2.24) is 0 Å². The van der Waals surface area contributed by atoms with E-state index in [1.54, 1.807) is 23.1 Å². The summed E-state index contributed by atoms with van der Waals surface area (Å²) in [7, 11) is 1.51. The van der Waals surface area contributed by atoms with Crippen molar-refractivity contribution in [1.29, 1.82) is 0 Å². The zero-order valence-corrected chi connectivity index (χ0v) is 14.0. The van der Waals surface area contributed by atoms with E-state index in [1.807, 2.05) is 24.3 Å². The Labute approximate surface area is 145 Å². The fourth-order valence-electron chi connectivity index (χ4n) is 2.80. The number of halogens is 1. The molecule has 3 rings (SSSR count). The highest BCUT2D eigenvalue weighted by atomic mass is 35.5. The quantitative estimate of drug-likeness (QED) is 0.866. The predicted molar refractivity (Wildman–Crippen MR) is 93.7 cm³/mol. The van der Waals surface area contributed by atoms with E-state index in [-0.39, 0.29) is 12.3 Å². The zero-order chi connectivity index (χ0) is 17.1. The molecule has 0 aliphatic carbocycles. The molecule has 2 amide bonds. The molecular weight excluding hydrogens is 328 g/mol. The summed E-state index contributed by atoms with van der Waals surface area (Å²) in [6, 6.07) is 12.7. The molecule has 1 aliphatic rings. The molecule has 0 bridgehead atoms. The standard InChI is InChI=1S/C18H17ClN2O3/c1-24-16-7-6-13(19)10-14(16)20-17(22)11-18(23)21-9-8-12-4-2-3-5-15(12)21/h2-7,10H,8-9,11H2,1H3,(H,20,22). The molecule has 1 heterocycles. The monoisotopic (exact) mass is 344 g/mol. The van der Waals surface area contributed by atoms with E-state index in [2.05, 4.69) is 5.32 Å². The number of nitrogens with one attached hydrogen (secondary N) is 1. The topological polar surface area (TPSA) is 58.6 Å². The van der Waals surface area contributed by atoms with Crippen LogP contribution in [0.3, 0.4) is 0 Å². The Bertz CT molecular complexity index is 792. The Hall–Kier alpha value is -2.53. The summed E-state index contributed by atoms with van der Waals surface area (Å²) in [5, 5.41) is 3.16. The molecule has 2 aromatic carbocycles. The lowest BCUT2D eigenvalue weighted by molar-refractivity contribution is -0.125. The predicted octanol–water partition coefficient (Wildman–Crippen LogP) is 3.27. The van der Waals surface area contributed by atoms with Crippen molar-refractivity contribution < 1.29 is 14.3 Å². The van der Waals surface area contributed by atoms with E-state index in [4.69, 9.17) is 16.3 Å². The second kappa shape index (κ2) is 6.93. The lowest BCUT2D eigenvalue weighted by Crippen LogP contribution is -2.32. The number of nitrogens with zero attached hydrogens (tertiary/aromatic N) is 1. The van der Waals surface area contributed by atoms with Crippen molar-refractivity contribution in [3.05, 3.63) is 53.1 Å². The van der Waals surface area contributed by atoms with E-state index in [9.17, 15) is 9.59 Å². The lowest BCUT2D eigenvalue weighted by atomic mass is 10.2. The minimum absolute atomic E-state index is 0.224. The van der Waals surface area contributed by atoms with Crippen molar-refractivity contribution in [3.8, 4) is 5.75 Å². The fraction of sp³-hybridized carbons (Fsp3) is 0.222. The molecule has 2 aromatic rings. The number of benzene rings is 2. The molecule has 0 unspecified atom stereocenters. The van der Waals surface area contributed by atoms with E-state index < -0.39 is 5.91 Å². The molecule has 0 saturated heterocycles. The van der Waals surface area contributed by atoms with Gasteiger partial charge in [0, 0.05) is 17.3 Å². The van der Waals surface area contributed by atoms with Crippen LogP contribution in [0.2, 0.25) is 5.02 Å². The second-order valence-electron chi connectivity index (χ2n) is 5.49. The van der Waals surface area contributed by atoms with Crippen LogP contribution >= 0.6 is 11.6 Å². The molecule has 0 atom stereocenters. The van der Waals surface area contributed by atoms with Gasteiger partial charge in [-0.25, -0.2) is 0 Å². The third kappa shape index (κ3) is 3.36. The maximum atomic E-state index is 12.4. The van der Waals surface area contributed by atoms with Gasteiger partial charge in [0.15, 0.2) is 0 Å². The Balaban J connectivity index is 1.68. The molecule has 0 spiro atoms. The minimum atomic E-state index is -0.398. The van der Waals surface area contributed by atoms with Crippen molar-refractivity contribution in [3.63, 3.8) is 0 Å². The average molecular weight is 345 g/mol. The highest BCUT2D eigenvalue weighted by Crippen LogP contribution is 2.29. The number of hydrogen-bond acceptors (Lipinski definition) is 3. The first kappa shape index (κ1) is 16.3. The van der Waals surface area contributed by atoms with Crippen LogP contribution in [-0.2, 0) is 16.0 Å². The number of anilines is 2. The summed E-state index contributed by atoms with van der Waals surface area (Å²) in [5.41, 5.74) is 2.46. The summed E-state index contributed by atoms with van der Waals surface area (Å²) in [5.74, 6) is -0.130. The molecule has 0 fully saturated rings. The van der Waals surface area contributed by atoms with Gasteiger partial charge in [-0.05, 0) is 36.2 Å². The van der Waals surface area contributed by atoms with Gasteiger partial charge in [-0.3, -0.25) is 9.59 Å². The summed E-state index contributed by atoms with van der Waals surface area (Å²) in [4.78, 5) is 26.3. The van der Waals surface area contributed by atoms with E-state index in [0.717, 1.165) is 17.7 Å². The second-order valence-corrected chi connectivity index (χ2v) is 5.93. The molecule has 24 heavy (non-hydrogen) atoms. The van der Waals surface area contributed by atoms with Gasteiger partial charge < -0.3 is 15.0 Å². The molecule has 0 aromatic heterocycles. The molecule has 1 aliphatic heterocycles. The SMILES string of the molecule is COc1ccc(Cl)cc1NC(=O)CC(=O)N1CCc2ccccc21. The van der Waals surface area contributed by atoms with Gasteiger partial charge in [0.2, 0.25) is 11.8 Å². The van der Waals surface area contributed by atoms with E-state index >= 15 is 0 Å². The molecule has 1 N–H and O–H groups in total. The third-order valence-electron chi connectivity index (χ3n) is 3.94. The van der Waals surface area contributed by atoms with Crippen LogP contribution in [0.25, 0.3) is 0 Å². The first-order chi connectivity index (χ1) is 11.6. The van der Waals surface area contributed by atoms with Gasteiger partial charge in [0.1, 0.15) is 12.2 Å². The number of methoxy groups -OCH3 is 1. The molecule has 0 radical (unpaired) electrons. The Kier molecular flexibility index (Phi) is 4.71. The molecule has 5 nitrogen and oxygen atoms in total. The van der Waals surface area contributed by atoms with Crippen LogP contribution in [0.5, 0.6) is 5.75 Å². The molecule has 124 valence electrons. The minimum Gasteiger partial charge on any atom is -0.495 e. The van der Waals surface area contributed by atoms with Crippen LogP contribution in [0.15, 0.2) is 42.5 Å². The van der Waals surface area contributed by atoms with E-state index in [1.165, 1.54) is 7.11 Å². The van der Waals surface area contributed by atoms with Crippen LogP contribution in [0.4, 0.5) is 11.4 Å². The van der Waals surface area contributed by atoms with Gasteiger partial charge in [0.05, 0.1) is 12.8 Å².